The van der Waals surface area contributed by atoms with Gasteiger partial charge < -0.3 is 19.6 Å². The molecule has 0 spiro atoms. The van der Waals surface area contributed by atoms with Gasteiger partial charge in [0, 0.05) is 0 Å². The monoisotopic (exact) mass is 1010 g/mol. The van der Waals surface area contributed by atoms with E-state index in [1.165, 1.54) is 44.5 Å². The fourth-order valence-electron chi connectivity index (χ4n) is 10.0. The third kappa shape index (κ3) is 15.1. The van der Waals surface area contributed by atoms with Gasteiger partial charge in [-0.2, -0.15) is 0 Å². The zero-order valence-electron chi connectivity index (χ0n) is 50.2. The van der Waals surface area contributed by atoms with Crippen LogP contribution in [-0.2, 0) is 58.0 Å². The van der Waals surface area contributed by atoms with Crippen LogP contribution in [-0.4, -0.2) is 19.6 Å². The molecule has 0 fully saturated rings. The molecule has 0 atom stereocenters. The number of hydrogen-bond donors (Lipinski definition) is 4. The van der Waals surface area contributed by atoms with Gasteiger partial charge >= 0.3 is 17.2 Å². The Kier molecular flexibility index (Phi) is 18.8. The molecule has 0 amide bonds. The van der Waals surface area contributed by atoms with E-state index in [0.717, 1.165) is 44.5 Å². The van der Waals surface area contributed by atoms with Crippen LogP contribution < -0.4 is 0 Å². The summed E-state index contributed by atoms with van der Waals surface area (Å²) in [5, 5.41) is 0. The van der Waals surface area contributed by atoms with E-state index < -0.39 is 28.9 Å². The average molecular weight is 1020 g/mol. The maximum atomic E-state index is 10.3. The van der Waals surface area contributed by atoms with Gasteiger partial charge in [0.2, 0.25) is 0 Å². The Hall–Kier alpha value is -2.50. The molecular weight excluding hydrogens is 915 g/mol. The van der Waals surface area contributed by atoms with E-state index in [2.05, 4.69) is 242 Å². The maximum absolute atomic E-state index is 10.3. The van der Waals surface area contributed by atoms with Crippen molar-refractivity contribution in [1.82, 2.24) is 0 Å². The highest BCUT2D eigenvalue weighted by atomic mass is 31.2. The van der Waals surface area contributed by atoms with E-state index in [1.807, 2.05) is 6.92 Å². The van der Waals surface area contributed by atoms with Crippen molar-refractivity contribution in [2.75, 3.05) is 0 Å². The largest absolute Gasteiger partial charge is 0.328 e. The van der Waals surface area contributed by atoms with E-state index in [1.54, 1.807) is 0 Å². The molecule has 71 heavy (non-hydrogen) atoms. The summed E-state index contributed by atoms with van der Waals surface area (Å²) in [6.07, 6.45) is -0.581. The Morgan fingerprint density at radius 1 is 0.324 bits per heavy atom. The molecule has 0 heterocycles. The second-order valence-electron chi connectivity index (χ2n) is 29.1. The molecule has 8 heteroatoms. The lowest BCUT2D eigenvalue weighted by molar-refractivity contribution is 0.105. The molecule has 6 nitrogen and oxygen atoms in total. The van der Waals surface area contributed by atoms with E-state index in [-0.39, 0.29) is 43.3 Å². The Bertz CT molecular complexity index is 2340. The summed E-state index contributed by atoms with van der Waals surface area (Å²) >= 11 is 0. The highest BCUT2D eigenvalue weighted by Gasteiger charge is 2.44. The van der Waals surface area contributed by atoms with Gasteiger partial charge in [-0.05, 0) is 167 Å². The van der Waals surface area contributed by atoms with Gasteiger partial charge in [0.1, 0.15) is 11.7 Å². The van der Waals surface area contributed by atoms with Crippen molar-refractivity contribution in [3.05, 3.63) is 138 Å². The summed E-state index contributed by atoms with van der Waals surface area (Å²) in [7, 11) is -5.19. The predicted molar refractivity (Wildman–Crippen MR) is 307 cm³/mol. The third-order valence-corrected chi connectivity index (χ3v) is 15.0. The molecule has 4 rings (SSSR count). The lowest BCUT2D eigenvalue weighted by Crippen LogP contribution is -2.36. The van der Waals surface area contributed by atoms with Crippen LogP contribution >= 0.6 is 17.2 Å². The molecule has 0 bridgehead atoms. The van der Waals surface area contributed by atoms with Crippen molar-refractivity contribution in [3.8, 4) is 0 Å². The first kappa shape index (κ1) is 62.8. The third-order valence-electron chi connectivity index (χ3n) is 14.1. The molecule has 0 saturated heterocycles. The Morgan fingerprint density at radius 3 is 0.775 bits per heavy atom. The molecular formula is C63H100O6P2. The molecule has 398 valence electrons. The molecule has 0 aliphatic carbocycles. The van der Waals surface area contributed by atoms with Gasteiger partial charge in [-0.25, -0.2) is 0 Å². The zero-order valence-corrected chi connectivity index (χ0v) is 52.0. The molecule has 0 aliphatic heterocycles. The maximum Gasteiger partial charge on any atom is 0.328 e. The van der Waals surface area contributed by atoms with Gasteiger partial charge in [0.25, 0.3) is 0 Å². The van der Waals surface area contributed by atoms with Crippen molar-refractivity contribution in [3.63, 3.8) is 0 Å². The number of benzene rings is 4. The SMILES string of the molecule is Cc1cc(C(C)(C)C)cc(C(C)(C)C)c1C(C)(OP(O)O)c1c(C)cc(C(C)(C)C)cc1C(C)(C)C.Cc1cc(C(C)(C)C)cc(C(C)(C)C)c1C(OP(O)O)c1c(C)cc(C(C)(C)C)cc1C(C)(C)C. The Labute approximate surface area is 437 Å². The van der Waals surface area contributed by atoms with Gasteiger partial charge in [-0.15, -0.1) is 0 Å². The summed E-state index contributed by atoms with van der Waals surface area (Å²) < 4.78 is 12.4. The highest BCUT2D eigenvalue weighted by Crippen LogP contribution is 2.53. The predicted octanol–water partition coefficient (Wildman–Crippen LogP) is 17.8. The van der Waals surface area contributed by atoms with E-state index in [0.29, 0.717) is 0 Å². The van der Waals surface area contributed by atoms with Crippen LogP contribution in [0.25, 0.3) is 0 Å². The van der Waals surface area contributed by atoms with Crippen LogP contribution in [0, 0.1) is 27.7 Å². The molecule has 4 N–H and O–H groups in total. The summed E-state index contributed by atoms with van der Waals surface area (Å²) in [5.74, 6) is 0. The Balaban J connectivity index is 0.000000375. The number of hydrogen-bond acceptors (Lipinski definition) is 6. The fourth-order valence-corrected chi connectivity index (χ4v) is 10.9. The van der Waals surface area contributed by atoms with Gasteiger partial charge in [-0.1, -0.05) is 215 Å². The van der Waals surface area contributed by atoms with Crippen molar-refractivity contribution in [2.24, 2.45) is 0 Å². The molecule has 0 unspecified atom stereocenters. The van der Waals surface area contributed by atoms with Crippen molar-refractivity contribution in [1.29, 1.82) is 0 Å². The number of rotatable bonds is 8. The van der Waals surface area contributed by atoms with Crippen LogP contribution in [0.15, 0.2) is 48.5 Å². The highest BCUT2D eigenvalue weighted by molar-refractivity contribution is 7.39. The smallest absolute Gasteiger partial charge is 0.328 e. The minimum Gasteiger partial charge on any atom is -0.328 e. The van der Waals surface area contributed by atoms with Crippen molar-refractivity contribution >= 4 is 17.2 Å². The second-order valence-corrected chi connectivity index (χ2v) is 30.5. The summed E-state index contributed by atoms with van der Waals surface area (Å²) in [4.78, 5) is 41.1. The van der Waals surface area contributed by atoms with Gasteiger partial charge in [0.15, 0.2) is 0 Å². The van der Waals surface area contributed by atoms with Crippen LogP contribution in [0.1, 0.15) is 268 Å². The molecule has 4 aromatic carbocycles. The standard InChI is InChI=1S/C32H51O3P.C31H49O3P/c1-20-16-22(28(3,4)5)18-24(30(9,10)11)26(20)32(15,35-36(33)34)27-21(2)17-23(29(6,7)8)19-25(27)31(12,13)14;1-19-15-21(28(3,4)5)17-23(30(9,10)11)25(19)27(34-35(32)33)26-20(2)16-22(29(6,7)8)18-24(26)31(12,13)14/h16-19,33-34H,1-15H3;15-18,27,32-33H,1-14H3. The average Bonchev–Trinajstić information content (AvgIpc) is 3.12. The first-order chi connectivity index (χ1) is 31.4. The molecule has 0 radical (unpaired) electrons. The first-order valence-electron chi connectivity index (χ1n) is 25.8. The van der Waals surface area contributed by atoms with Crippen molar-refractivity contribution < 1.29 is 28.6 Å². The molecule has 4 aromatic rings. The topological polar surface area (TPSA) is 99.4 Å². The van der Waals surface area contributed by atoms with Gasteiger partial charge in [0.05, 0.1) is 0 Å². The van der Waals surface area contributed by atoms with Crippen LogP contribution in [0.2, 0.25) is 0 Å². The first-order valence-corrected chi connectivity index (χ1v) is 28.1. The van der Waals surface area contributed by atoms with E-state index in [9.17, 15) is 19.6 Å². The molecule has 0 aromatic heterocycles. The van der Waals surface area contributed by atoms with Crippen LogP contribution in [0.4, 0.5) is 0 Å². The minimum absolute atomic E-state index is 0.00105. The minimum atomic E-state index is -2.62. The summed E-state index contributed by atoms with van der Waals surface area (Å²) in [5.41, 5.74) is 16.6. The van der Waals surface area contributed by atoms with Crippen LogP contribution in [0.5, 0.6) is 0 Å². The second kappa shape index (κ2) is 21.3. The van der Waals surface area contributed by atoms with Crippen molar-refractivity contribution in [2.45, 2.75) is 256 Å². The molecule has 0 aliphatic rings. The van der Waals surface area contributed by atoms with Crippen LogP contribution in [0.3, 0.4) is 0 Å². The summed E-state index contributed by atoms with van der Waals surface area (Å²) in [6, 6.07) is 18.2. The van der Waals surface area contributed by atoms with E-state index >= 15 is 0 Å². The normalized spacial score (nSPS) is 13.9. The van der Waals surface area contributed by atoms with Gasteiger partial charge in [-0.3, -0.25) is 9.05 Å². The lowest BCUT2D eigenvalue weighted by Gasteiger charge is -2.42. The Morgan fingerprint density at radius 2 is 0.563 bits per heavy atom. The lowest BCUT2D eigenvalue weighted by atomic mass is 9.68. The fraction of sp³-hybridized carbons (Fsp3) is 0.619. The molecule has 0 saturated carbocycles. The number of aryl methyl sites for hydroxylation is 4. The zero-order chi connectivity index (χ0) is 55.5. The quantitative estimate of drug-likeness (QED) is 0.131. The van der Waals surface area contributed by atoms with E-state index in [4.69, 9.17) is 9.05 Å². The summed E-state index contributed by atoms with van der Waals surface area (Å²) in [6.45, 7) is 64.0.